The van der Waals surface area contributed by atoms with Crippen molar-refractivity contribution in [2.24, 2.45) is 5.92 Å². The summed E-state index contributed by atoms with van der Waals surface area (Å²) in [4.78, 5) is 37.1. The van der Waals surface area contributed by atoms with Gasteiger partial charge in [-0.3, -0.25) is 14.4 Å². The Labute approximate surface area is 142 Å². The van der Waals surface area contributed by atoms with Gasteiger partial charge in [0.2, 0.25) is 17.7 Å². The molecule has 136 valence electrons. The molecule has 0 spiro atoms. The molecule has 1 aliphatic heterocycles. The van der Waals surface area contributed by atoms with E-state index in [2.05, 4.69) is 5.32 Å². The van der Waals surface area contributed by atoms with Crippen LogP contribution in [0.15, 0.2) is 12.1 Å². The molecule has 2 N–H and O–H groups in total. The number of hydrogen-bond acceptors (Lipinski definition) is 3. The molecule has 9 heteroatoms. The monoisotopic (exact) mass is 357 g/mol. The Morgan fingerprint density at radius 2 is 1.92 bits per heavy atom. The molecular weight excluding hydrogens is 339 g/mol. The molecule has 1 saturated heterocycles. The summed E-state index contributed by atoms with van der Waals surface area (Å²) in [7, 11) is 0. The van der Waals surface area contributed by atoms with E-state index in [0.717, 1.165) is 6.07 Å². The highest BCUT2D eigenvalue weighted by Gasteiger charge is 2.35. The lowest BCUT2D eigenvalue weighted by molar-refractivity contribution is -0.130. The second kappa shape index (κ2) is 7.54. The van der Waals surface area contributed by atoms with Crippen molar-refractivity contribution in [3.63, 3.8) is 0 Å². The maximum absolute atomic E-state index is 13.5. The third-order valence-corrected chi connectivity index (χ3v) is 3.89. The lowest BCUT2D eigenvalue weighted by Crippen LogP contribution is -2.38. The Balaban J connectivity index is 1.87. The number of likely N-dealkylation sites (tertiary alicyclic amines) is 1. The van der Waals surface area contributed by atoms with Crippen molar-refractivity contribution in [1.29, 1.82) is 0 Å². The lowest BCUT2D eigenvalue weighted by Gasteiger charge is -2.20. The number of rotatable bonds is 5. The summed E-state index contributed by atoms with van der Waals surface area (Å²) in [5.74, 6) is -6.56. The van der Waals surface area contributed by atoms with Crippen LogP contribution in [-0.4, -0.2) is 41.8 Å². The summed E-state index contributed by atoms with van der Waals surface area (Å²) in [6.07, 6.45) is 0.0590. The number of anilines is 1. The van der Waals surface area contributed by atoms with E-state index in [1.165, 1.54) is 0 Å². The molecule has 0 aromatic heterocycles. The Kier molecular flexibility index (Phi) is 5.66. The fourth-order valence-electron chi connectivity index (χ4n) is 2.53. The highest BCUT2D eigenvalue weighted by molar-refractivity contribution is 5.96. The summed E-state index contributed by atoms with van der Waals surface area (Å²) >= 11 is 0. The molecule has 0 radical (unpaired) electrons. The third kappa shape index (κ3) is 4.28. The second-order valence-corrected chi connectivity index (χ2v) is 6.03. The SMILES string of the molecule is CC(C)N1CC(C(=O)NCC(=O)Nc2ccc(F)c(F)c2F)CC1=O. The van der Waals surface area contributed by atoms with Gasteiger partial charge in [-0.2, -0.15) is 0 Å². The largest absolute Gasteiger partial charge is 0.347 e. The molecule has 0 saturated carbocycles. The van der Waals surface area contributed by atoms with Crippen molar-refractivity contribution in [3.05, 3.63) is 29.6 Å². The Bertz CT molecular complexity index is 709. The lowest BCUT2D eigenvalue weighted by atomic mass is 10.1. The zero-order valence-corrected chi connectivity index (χ0v) is 13.7. The molecule has 1 heterocycles. The van der Waals surface area contributed by atoms with E-state index in [-0.39, 0.29) is 24.9 Å². The molecule has 0 bridgehead atoms. The minimum absolute atomic E-state index is 0.0232. The minimum Gasteiger partial charge on any atom is -0.347 e. The van der Waals surface area contributed by atoms with Gasteiger partial charge in [0.25, 0.3) is 0 Å². The predicted molar refractivity (Wildman–Crippen MR) is 82.9 cm³/mol. The Hall–Kier alpha value is -2.58. The molecule has 1 unspecified atom stereocenters. The van der Waals surface area contributed by atoms with Crippen LogP contribution in [0.5, 0.6) is 0 Å². The van der Waals surface area contributed by atoms with Crippen molar-refractivity contribution in [3.8, 4) is 0 Å². The maximum atomic E-state index is 13.5. The van der Waals surface area contributed by atoms with Crippen molar-refractivity contribution < 1.29 is 27.6 Å². The van der Waals surface area contributed by atoms with Gasteiger partial charge in [-0.1, -0.05) is 0 Å². The molecule has 1 aromatic carbocycles. The summed E-state index contributed by atoms with van der Waals surface area (Å²) < 4.78 is 39.4. The fraction of sp³-hybridized carbons (Fsp3) is 0.438. The predicted octanol–water partition coefficient (Wildman–Crippen LogP) is 1.42. The number of nitrogens with zero attached hydrogens (tertiary/aromatic N) is 1. The number of hydrogen-bond donors (Lipinski definition) is 2. The van der Waals surface area contributed by atoms with E-state index < -0.39 is 47.4 Å². The maximum Gasteiger partial charge on any atom is 0.243 e. The van der Waals surface area contributed by atoms with Crippen LogP contribution < -0.4 is 10.6 Å². The van der Waals surface area contributed by atoms with Crippen molar-refractivity contribution in [1.82, 2.24) is 10.2 Å². The Morgan fingerprint density at radius 1 is 1.24 bits per heavy atom. The molecule has 6 nitrogen and oxygen atoms in total. The molecule has 3 amide bonds. The molecule has 0 aliphatic carbocycles. The quantitative estimate of drug-likeness (QED) is 0.783. The standard InChI is InChI=1S/C16H18F3N3O3/c1-8(2)22-7-9(5-13(22)24)16(25)20-6-12(23)21-11-4-3-10(17)14(18)15(11)19/h3-4,8-9H,5-7H2,1-2H3,(H,20,25)(H,21,23). The summed E-state index contributed by atoms with van der Waals surface area (Å²) in [5.41, 5.74) is -0.528. The van der Waals surface area contributed by atoms with Crippen molar-refractivity contribution in [2.75, 3.05) is 18.4 Å². The molecule has 1 aliphatic rings. The van der Waals surface area contributed by atoms with Gasteiger partial charge in [-0.15, -0.1) is 0 Å². The first-order valence-corrected chi connectivity index (χ1v) is 7.71. The van der Waals surface area contributed by atoms with Gasteiger partial charge in [0.05, 0.1) is 18.2 Å². The number of amides is 3. The number of nitrogens with one attached hydrogen (secondary N) is 2. The van der Waals surface area contributed by atoms with Gasteiger partial charge in [0, 0.05) is 19.0 Å². The van der Waals surface area contributed by atoms with Crippen LogP contribution >= 0.6 is 0 Å². The van der Waals surface area contributed by atoms with Crippen LogP contribution in [0.2, 0.25) is 0 Å². The molecule has 1 aromatic rings. The van der Waals surface area contributed by atoms with Gasteiger partial charge in [-0.25, -0.2) is 13.2 Å². The van der Waals surface area contributed by atoms with Crippen LogP contribution in [-0.2, 0) is 14.4 Å². The zero-order valence-electron chi connectivity index (χ0n) is 13.7. The van der Waals surface area contributed by atoms with E-state index >= 15 is 0 Å². The second-order valence-electron chi connectivity index (χ2n) is 6.03. The van der Waals surface area contributed by atoms with E-state index in [9.17, 15) is 27.6 Å². The first-order chi connectivity index (χ1) is 11.7. The van der Waals surface area contributed by atoms with E-state index in [1.54, 1.807) is 4.90 Å². The summed E-state index contributed by atoms with van der Waals surface area (Å²) in [6, 6.07) is 1.53. The molecule has 1 atom stereocenters. The highest BCUT2D eigenvalue weighted by atomic mass is 19.2. The van der Waals surface area contributed by atoms with Crippen LogP contribution in [0.4, 0.5) is 18.9 Å². The average Bonchev–Trinajstić information content (AvgIpc) is 2.95. The normalized spacial score (nSPS) is 17.1. The molecule has 1 fully saturated rings. The van der Waals surface area contributed by atoms with Crippen LogP contribution in [0.25, 0.3) is 0 Å². The summed E-state index contributed by atoms with van der Waals surface area (Å²) in [6.45, 7) is 3.45. The highest BCUT2D eigenvalue weighted by Crippen LogP contribution is 2.21. The van der Waals surface area contributed by atoms with Gasteiger partial charge in [0.1, 0.15) is 0 Å². The van der Waals surface area contributed by atoms with Gasteiger partial charge in [-0.05, 0) is 26.0 Å². The molecule has 2 rings (SSSR count). The molecule has 25 heavy (non-hydrogen) atoms. The van der Waals surface area contributed by atoms with Gasteiger partial charge in [0.15, 0.2) is 17.5 Å². The van der Waals surface area contributed by atoms with Crippen molar-refractivity contribution >= 4 is 23.4 Å². The first kappa shape index (κ1) is 18.8. The number of halogens is 3. The van der Waals surface area contributed by atoms with E-state index in [4.69, 9.17) is 0 Å². The van der Waals surface area contributed by atoms with Gasteiger partial charge >= 0.3 is 0 Å². The number of benzene rings is 1. The smallest absolute Gasteiger partial charge is 0.243 e. The topological polar surface area (TPSA) is 78.5 Å². The van der Waals surface area contributed by atoms with E-state index in [1.807, 2.05) is 19.2 Å². The zero-order chi connectivity index (χ0) is 18.7. The van der Waals surface area contributed by atoms with Crippen molar-refractivity contribution in [2.45, 2.75) is 26.3 Å². The van der Waals surface area contributed by atoms with E-state index in [0.29, 0.717) is 6.07 Å². The first-order valence-electron chi connectivity index (χ1n) is 7.71. The number of carbonyl (C=O) groups is 3. The van der Waals surface area contributed by atoms with Crippen LogP contribution in [0.1, 0.15) is 20.3 Å². The van der Waals surface area contributed by atoms with Gasteiger partial charge < -0.3 is 15.5 Å². The fourth-order valence-corrected chi connectivity index (χ4v) is 2.53. The minimum atomic E-state index is -1.69. The van der Waals surface area contributed by atoms with Crippen LogP contribution in [0, 0.1) is 23.4 Å². The molecular formula is C16H18F3N3O3. The number of carbonyl (C=O) groups excluding carboxylic acids is 3. The Morgan fingerprint density at radius 3 is 2.52 bits per heavy atom. The summed E-state index contributed by atoms with van der Waals surface area (Å²) in [5, 5.41) is 4.40. The third-order valence-electron chi connectivity index (χ3n) is 3.89. The average molecular weight is 357 g/mol. The van der Waals surface area contributed by atoms with Crippen LogP contribution in [0.3, 0.4) is 0 Å².